The zero-order chi connectivity index (χ0) is 13.2. The van der Waals surface area contributed by atoms with Crippen molar-refractivity contribution in [3.63, 3.8) is 0 Å². The van der Waals surface area contributed by atoms with Crippen LogP contribution >= 0.6 is 15.9 Å². The molecule has 1 atom stereocenters. The van der Waals surface area contributed by atoms with Gasteiger partial charge in [0.05, 0.1) is 11.5 Å². The second kappa shape index (κ2) is 5.69. The Morgan fingerprint density at radius 3 is 2.89 bits per heavy atom. The van der Waals surface area contributed by atoms with Crippen LogP contribution in [0.15, 0.2) is 33.6 Å². The standard InChI is InChI=1S/C12H16BrNO3S/c1-14(8-10-5-6-17-9-10)18(15,16)12-4-2-3-11(13)7-12/h2-4,7,10H,5-6,8-9H2,1H3. The van der Waals surface area contributed by atoms with E-state index >= 15 is 0 Å². The average Bonchev–Trinajstić information content (AvgIpc) is 2.81. The summed E-state index contributed by atoms with van der Waals surface area (Å²) < 4.78 is 32.1. The summed E-state index contributed by atoms with van der Waals surface area (Å²) >= 11 is 3.29. The topological polar surface area (TPSA) is 46.6 Å². The molecule has 1 aliphatic heterocycles. The summed E-state index contributed by atoms with van der Waals surface area (Å²) in [6.07, 6.45) is 0.929. The molecule has 2 rings (SSSR count). The predicted octanol–water partition coefficient (Wildman–Crippen LogP) is 2.11. The Balaban J connectivity index is 2.14. The van der Waals surface area contributed by atoms with Crippen LogP contribution in [0.5, 0.6) is 0 Å². The quantitative estimate of drug-likeness (QED) is 0.847. The Kier molecular flexibility index (Phi) is 4.42. The van der Waals surface area contributed by atoms with E-state index in [1.165, 1.54) is 4.31 Å². The molecule has 18 heavy (non-hydrogen) atoms. The van der Waals surface area contributed by atoms with Gasteiger partial charge in [0.1, 0.15) is 0 Å². The lowest BCUT2D eigenvalue weighted by Gasteiger charge is -2.20. The molecule has 1 unspecified atom stereocenters. The number of nitrogens with zero attached hydrogens (tertiary/aromatic N) is 1. The summed E-state index contributed by atoms with van der Waals surface area (Å²) in [7, 11) is -1.78. The van der Waals surface area contributed by atoms with E-state index in [2.05, 4.69) is 15.9 Å². The fraction of sp³-hybridized carbons (Fsp3) is 0.500. The van der Waals surface area contributed by atoms with Gasteiger partial charge >= 0.3 is 0 Å². The molecule has 100 valence electrons. The van der Waals surface area contributed by atoms with E-state index in [0.717, 1.165) is 17.5 Å². The van der Waals surface area contributed by atoms with Gasteiger partial charge in [0.15, 0.2) is 0 Å². The van der Waals surface area contributed by atoms with Crippen LogP contribution < -0.4 is 0 Å². The maximum absolute atomic E-state index is 12.3. The summed E-state index contributed by atoms with van der Waals surface area (Å²) in [5, 5.41) is 0. The second-order valence-electron chi connectivity index (χ2n) is 4.47. The Morgan fingerprint density at radius 1 is 1.50 bits per heavy atom. The highest BCUT2D eigenvalue weighted by atomic mass is 79.9. The van der Waals surface area contributed by atoms with Gasteiger partial charge in [-0.1, -0.05) is 22.0 Å². The first-order valence-electron chi connectivity index (χ1n) is 5.80. The minimum atomic E-state index is -3.40. The van der Waals surface area contributed by atoms with Crippen molar-refractivity contribution < 1.29 is 13.2 Å². The maximum atomic E-state index is 12.3. The van der Waals surface area contributed by atoms with Crippen LogP contribution in [0, 0.1) is 5.92 Å². The van der Waals surface area contributed by atoms with Crippen molar-refractivity contribution in [3.8, 4) is 0 Å². The number of ether oxygens (including phenoxy) is 1. The third-order valence-corrected chi connectivity index (χ3v) is 5.36. The molecule has 0 aliphatic carbocycles. The summed E-state index contributed by atoms with van der Waals surface area (Å²) in [5.41, 5.74) is 0. The van der Waals surface area contributed by atoms with Crippen molar-refractivity contribution in [3.05, 3.63) is 28.7 Å². The number of sulfonamides is 1. The summed E-state index contributed by atoms with van der Waals surface area (Å²) in [6.45, 7) is 1.89. The molecule has 0 bridgehead atoms. The number of hydrogen-bond acceptors (Lipinski definition) is 3. The van der Waals surface area contributed by atoms with E-state index < -0.39 is 10.0 Å². The fourth-order valence-electron chi connectivity index (χ4n) is 2.00. The van der Waals surface area contributed by atoms with E-state index in [1.807, 2.05) is 6.07 Å². The summed E-state index contributed by atoms with van der Waals surface area (Å²) in [6, 6.07) is 6.77. The number of benzene rings is 1. The number of halogens is 1. The molecule has 1 aromatic carbocycles. The third kappa shape index (κ3) is 3.12. The van der Waals surface area contributed by atoms with E-state index in [4.69, 9.17) is 4.74 Å². The third-order valence-electron chi connectivity index (χ3n) is 3.04. The highest BCUT2D eigenvalue weighted by Crippen LogP contribution is 2.21. The highest BCUT2D eigenvalue weighted by Gasteiger charge is 2.25. The molecule has 1 aliphatic rings. The minimum absolute atomic E-state index is 0.303. The number of hydrogen-bond donors (Lipinski definition) is 0. The van der Waals surface area contributed by atoms with Crippen LogP contribution in [0.3, 0.4) is 0 Å². The lowest BCUT2D eigenvalue weighted by atomic mass is 10.1. The van der Waals surface area contributed by atoms with Gasteiger partial charge in [-0.05, 0) is 30.5 Å². The predicted molar refractivity (Wildman–Crippen MR) is 72.9 cm³/mol. The van der Waals surface area contributed by atoms with Gasteiger partial charge in [0, 0.05) is 24.7 Å². The largest absolute Gasteiger partial charge is 0.381 e. The normalized spacial score (nSPS) is 20.5. The maximum Gasteiger partial charge on any atom is 0.242 e. The molecular formula is C12H16BrNO3S. The molecular weight excluding hydrogens is 318 g/mol. The van der Waals surface area contributed by atoms with Crippen LogP contribution in [-0.2, 0) is 14.8 Å². The molecule has 4 nitrogen and oxygen atoms in total. The lowest BCUT2D eigenvalue weighted by molar-refractivity contribution is 0.182. The van der Waals surface area contributed by atoms with Gasteiger partial charge in [-0.3, -0.25) is 0 Å². The molecule has 0 N–H and O–H groups in total. The molecule has 0 spiro atoms. The molecule has 1 fully saturated rings. The first kappa shape index (κ1) is 14.0. The zero-order valence-electron chi connectivity index (χ0n) is 10.2. The molecule has 6 heteroatoms. The van der Waals surface area contributed by atoms with E-state index in [0.29, 0.717) is 24.0 Å². The highest BCUT2D eigenvalue weighted by molar-refractivity contribution is 9.10. The van der Waals surface area contributed by atoms with Gasteiger partial charge < -0.3 is 4.74 Å². The van der Waals surface area contributed by atoms with Crippen LogP contribution in [-0.4, -0.2) is 39.5 Å². The van der Waals surface area contributed by atoms with Gasteiger partial charge in [-0.15, -0.1) is 0 Å². The van der Waals surface area contributed by atoms with Crippen molar-refractivity contribution in [2.75, 3.05) is 26.8 Å². The molecule has 1 heterocycles. The summed E-state index contributed by atoms with van der Waals surface area (Å²) in [4.78, 5) is 0.318. The minimum Gasteiger partial charge on any atom is -0.381 e. The monoisotopic (exact) mass is 333 g/mol. The van der Waals surface area contributed by atoms with Crippen LogP contribution in [0.4, 0.5) is 0 Å². The van der Waals surface area contributed by atoms with E-state index in [9.17, 15) is 8.42 Å². The molecule has 0 amide bonds. The molecule has 0 saturated carbocycles. The molecule has 0 radical (unpaired) electrons. The fourth-order valence-corrected chi connectivity index (χ4v) is 3.84. The van der Waals surface area contributed by atoms with E-state index in [1.54, 1.807) is 25.2 Å². The lowest BCUT2D eigenvalue weighted by Crippen LogP contribution is -2.32. The first-order valence-corrected chi connectivity index (χ1v) is 8.03. The zero-order valence-corrected chi connectivity index (χ0v) is 12.6. The first-order chi connectivity index (χ1) is 8.50. The van der Waals surface area contributed by atoms with Gasteiger partial charge in [-0.25, -0.2) is 12.7 Å². The van der Waals surface area contributed by atoms with Crippen molar-refractivity contribution >= 4 is 26.0 Å². The van der Waals surface area contributed by atoms with Crippen LogP contribution in [0.1, 0.15) is 6.42 Å². The Morgan fingerprint density at radius 2 is 2.28 bits per heavy atom. The van der Waals surface area contributed by atoms with Crippen LogP contribution in [0.2, 0.25) is 0 Å². The number of rotatable bonds is 4. The molecule has 0 aromatic heterocycles. The van der Waals surface area contributed by atoms with Gasteiger partial charge in [-0.2, -0.15) is 0 Å². The van der Waals surface area contributed by atoms with Gasteiger partial charge in [0.2, 0.25) is 10.0 Å². The van der Waals surface area contributed by atoms with Crippen molar-refractivity contribution in [1.82, 2.24) is 4.31 Å². The molecule has 1 aromatic rings. The van der Waals surface area contributed by atoms with Crippen LogP contribution in [0.25, 0.3) is 0 Å². The SMILES string of the molecule is CN(CC1CCOC1)S(=O)(=O)c1cccc(Br)c1. The Bertz CT molecular complexity index is 512. The van der Waals surface area contributed by atoms with Crippen molar-refractivity contribution in [2.24, 2.45) is 5.92 Å². The Hall–Kier alpha value is -0.430. The van der Waals surface area contributed by atoms with E-state index in [-0.39, 0.29) is 0 Å². The van der Waals surface area contributed by atoms with Crippen molar-refractivity contribution in [1.29, 1.82) is 0 Å². The van der Waals surface area contributed by atoms with Gasteiger partial charge in [0.25, 0.3) is 0 Å². The summed E-state index contributed by atoms with van der Waals surface area (Å²) in [5.74, 6) is 0.303. The molecule has 1 saturated heterocycles. The smallest absolute Gasteiger partial charge is 0.242 e. The Labute approximate surface area is 116 Å². The van der Waals surface area contributed by atoms with Crippen molar-refractivity contribution in [2.45, 2.75) is 11.3 Å². The average molecular weight is 334 g/mol. The second-order valence-corrected chi connectivity index (χ2v) is 7.43.